The molecule has 1 aliphatic carbocycles. The first-order valence-electron chi connectivity index (χ1n) is 4.92. The van der Waals surface area contributed by atoms with Crippen LogP contribution < -0.4 is 10.8 Å². The van der Waals surface area contributed by atoms with Crippen molar-refractivity contribution in [2.24, 2.45) is 0 Å². The van der Waals surface area contributed by atoms with Gasteiger partial charge < -0.3 is 5.32 Å². The van der Waals surface area contributed by atoms with Gasteiger partial charge in [0.2, 0.25) is 5.91 Å². The Balaban J connectivity index is 1.91. The lowest BCUT2D eigenvalue weighted by Crippen LogP contribution is -2.27. The third kappa shape index (κ3) is 4.24. The molecule has 4 heteroatoms. The van der Waals surface area contributed by atoms with Gasteiger partial charge in [0.1, 0.15) is 0 Å². The summed E-state index contributed by atoms with van der Waals surface area (Å²) >= 11 is 0. The van der Waals surface area contributed by atoms with Gasteiger partial charge in [-0.05, 0) is 12.8 Å². The van der Waals surface area contributed by atoms with Crippen molar-refractivity contribution in [2.75, 3.05) is 13.6 Å². The van der Waals surface area contributed by atoms with E-state index in [1.165, 1.54) is 12.8 Å². The van der Waals surface area contributed by atoms with Crippen LogP contribution in [0, 0.1) is 0 Å². The molecule has 0 heterocycles. The lowest BCUT2D eigenvalue weighted by Gasteiger charge is -2.10. The van der Waals surface area contributed by atoms with E-state index in [0.717, 1.165) is 12.8 Å². The molecule has 0 bridgehead atoms. The van der Waals surface area contributed by atoms with Crippen molar-refractivity contribution in [1.29, 1.82) is 0 Å². The minimum Gasteiger partial charge on any atom is -0.359 e. The number of carbonyl (C=O) groups is 1. The van der Waals surface area contributed by atoms with Gasteiger partial charge in [-0.15, -0.1) is 0 Å². The first kappa shape index (κ1) is 10.5. The van der Waals surface area contributed by atoms with Crippen LogP contribution in [0.15, 0.2) is 0 Å². The quantitative estimate of drug-likeness (QED) is 0.488. The number of hydrogen-bond donors (Lipinski definition) is 2. The number of hydrogen-bond acceptors (Lipinski definition) is 3. The first-order chi connectivity index (χ1) is 6.33. The summed E-state index contributed by atoms with van der Waals surface area (Å²) in [5, 5.41) is 2.56. The Bertz CT molecular complexity index is 156. The van der Waals surface area contributed by atoms with Crippen molar-refractivity contribution in [3.63, 3.8) is 0 Å². The predicted octanol–water partition coefficient (Wildman–Crippen LogP) is 0.586. The number of rotatable bonds is 5. The fourth-order valence-corrected chi connectivity index (χ4v) is 1.47. The smallest absolute Gasteiger partial charge is 0.221 e. The van der Waals surface area contributed by atoms with Crippen LogP contribution in [-0.2, 0) is 9.63 Å². The highest BCUT2D eigenvalue weighted by Crippen LogP contribution is 2.19. The monoisotopic (exact) mass is 186 g/mol. The van der Waals surface area contributed by atoms with E-state index in [9.17, 15) is 4.79 Å². The van der Waals surface area contributed by atoms with Crippen molar-refractivity contribution < 1.29 is 9.63 Å². The second-order valence-corrected chi connectivity index (χ2v) is 3.34. The van der Waals surface area contributed by atoms with Gasteiger partial charge in [-0.25, -0.2) is 5.48 Å². The molecule has 13 heavy (non-hydrogen) atoms. The molecule has 4 nitrogen and oxygen atoms in total. The normalized spacial score (nSPS) is 17.6. The van der Waals surface area contributed by atoms with E-state index in [2.05, 4.69) is 10.8 Å². The summed E-state index contributed by atoms with van der Waals surface area (Å²) in [7, 11) is 1.64. The molecule has 0 aromatic heterocycles. The van der Waals surface area contributed by atoms with Crippen LogP contribution in [0.2, 0.25) is 0 Å². The lowest BCUT2D eigenvalue weighted by molar-refractivity contribution is -0.121. The maximum atomic E-state index is 10.8. The van der Waals surface area contributed by atoms with Gasteiger partial charge in [0, 0.05) is 20.0 Å². The molecule has 0 spiro atoms. The zero-order valence-electron chi connectivity index (χ0n) is 8.14. The van der Waals surface area contributed by atoms with Crippen LogP contribution in [0.5, 0.6) is 0 Å². The van der Waals surface area contributed by atoms with Crippen LogP contribution in [0.4, 0.5) is 0 Å². The summed E-state index contributed by atoms with van der Waals surface area (Å²) in [6.45, 7) is 0.593. The summed E-state index contributed by atoms with van der Waals surface area (Å²) in [4.78, 5) is 16.2. The SMILES string of the molecule is CNC(=O)CCNOC1CCCC1. The predicted molar refractivity (Wildman–Crippen MR) is 50.0 cm³/mol. The summed E-state index contributed by atoms with van der Waals surface area (Å²) < 4.78 is 0. The van der Waals surface area contributed by atoms with Crippen LogP contribution in [0.1, 0.15) is 32.1 Å². The molecule has 0 radical (unpaired) electrons. The Morgan fingerprint density at radius 2 is 2.15 bits per heavy atom. The third-order valence-corrected chi connectivity index (χ3v) is 2.29. The van der Waals surface area contributed by atoms with Gasteiger partial charge in [0.25, 0.3) is 0 Å². The van der Waals surface area contributed by atoms with Crippen LogP contribution in [0.25, 0.3) is 0 Å². The Labute approximate surface area is 79.0 Å². The van der Waals surface area contributed by atoms with E-state index < -0.39 is 0 Å². The maximum absolute atomic E-state index is 10.8. The molecule has 1 aliphatic rings. The van der Waals surface area contributed by atoms with Gasteiger partial charge in [0.05, 0.1) is 6.10 Å². The molecule has 1 rings (SSSR count). The molecule has 1 amide bonds. The minimum atomic E-state index is 0.0440. The fraction of sp³-hybridized carbons (Fsp3) is 0.889. The molecule has 2 N–H and O–H groups in total. The van der Waals surface area contributed by atoms with Crippen molar-refractivity contribution in [2.45, 2.75) is 38.2 Å². The molecule has 1 saturated carbocycles. The Morgan fingerprint density at radius 1 is 1.46 bits per heavy atom. The van der Waals surface area contributed by atoms with Crippen LogP contribution in [-0.4, -0.2) is 25.6 Å². The average Bonchev–Trinajstić information content (AvgIpc) is 2.64. The second-order valence-electron chi connectivity index (χ2n) is 3.34. The van der Waals surface area contributed by atoms with Gasteiger partial charge in [-0.1, -0.05) is 12.8 Å². The molecular formula is C9H18N2O2. The van der Waals surface area contributed by atoms with Crippen molar-refractivity contribution >= 4 is 5.91 Å². The number of amides is 1. The van der Waals surface area contributed by atoms with Crippen molar-refractivity contribution in [3.05, 3.63) is 0 Å². The Morgan fingerprint density at radius 3 is 2.77 bits per heavy atom. The Kier molecular flexibility index (Phi) is 4.78. The molecule has 0 aromatic carbocycles. The highest BCUT2D eigenvalue weighted by molar-refractivity contribution is 5.75. The van der Waals surface area contributed by atoms with Gasteiger partial charge >= 0.3 is 0 Å². The Hall–Kier alpha value is -0.610. The van der Waals surface area contributed by atoms with Gasteiger partial charge in [-0.2, -0.15) is 0 Å². The first-order valence-corrected chi connectivity index (χ1v) is 4.92. The zero-order valence-corrected chi connectivity index (χ0v) is 8.14. The largest absolute Gasteiger partial charge is 0.359 e. The summed E-state index contributed by atoms with van der Waals surface area (Å²) in [6, 6.07) is 0. The molecule has 76 valence electrons. The molecule has 0 unspecified atom stereocenters. The average molecular weight is 186 g/mol. The van der Waals surface area contributed by atoms with Gasteiger partial charge in [-0.3, -0.25) is 9.63 Å². The summed E-state index contributed by atoms with van der Waals surface area (Å²) in [6.07, 6.45) is 5.66. The fourth-order valence-electron chi connectivity index (χ4n) is 1.47. The summed E-state index contributed by atoms with van der Waals surface area (Å²) in [5.74, 6) is 0.0440. The van der Waals surface area contributed by atoms with Crippen molar-refractivity contribution in [3.8, 4) is 0 Å². The summed E-state index contributed by atoms with van der Waals surface area (Å²) in [5.41, 5.74) is 2.83. The molecule has 0 saturated heterocycles. The van der Waals surface area contributed by atoms with E-state index in [1.807, 2.05) is 0 Å². The third-order valence-electron chi connectivity index (χ3n) is 2.29. The zero-order chi connectivity index (χ0) is 9.52. The minimum absolute atomic E-state index is 0.0440. The van der Waals surface area contributed by atoms with E-state index in [-0.39, 0.29) is 5.91 Å². The van der Waals surface area contributed by atoms with Gasteiger partial charge in [0.15, 0.2) is 0 Å². The highest BCUT2D eigenvalue weighted by atomic mass is 16.7. The van der Waals surface area contributed by atoms with E-state index >= 15 is 0 Å². The number of nitrogens with one attached hydrogen (secondary N) is 2. The number of hydroxylamine groups is 1. The van der Waals surface area contributed by atoms with E-state index in [0.29, 0.717) is 19.1 Å². The van der Waals surface area contributed by atoms with Crippen LogP contribution in [0.3, 0.4) is 0 Å². The lowest BCUT2D eigenvalue weighted by atomic mass is 10.3. The molecule has 0 aromatic rings. The standard InChI is InChI=1S/C9H18N2O2/c1-10-9(12)6-7-11-13-8-4-2-3-5-8/h8,11H,2-7H2,1H3,(H,10,12). The molecular weight excluding hydrogens is 168 g/mol. The van der Waals surface area contributed by atoms with E-state index in [1.54, 1.807) is 7.05 Å². The molecule has 1 fully saturated rings. The van der Waals surface area contributed by atoms with Crippen molar-refractivity contribution in [1.82, 2.24) is 10.8 Å². The molecule has 0 aliphatic heterocycles. The topological polar surface area (TPSA) is 50.4 Å². The molecule has 0 atom stereocenters. The second kappa shape index (κ2) is 5.94. The highest BCUT2D eigenvalue weighted by Gasteiger charge is 2.15. The number of carbonyl (C=O) groups excluding carboxylic acids is 1. The maximum Gasteiger partial charge on any atom is 0.221 e. The van der Waals surface area contributed by atoms with Crippen LogP contribution >= 0.6 is 0 Å². The van der Waals surface area contributed by atoms with E-state index in [4.69, 9.17) is 4.84 Å².